The van der Waals surface area contributed by atoms with Crippen molar-refractivity contribution in [3.63, 3.8) is 0 Å². The quantitative estimate of drug-likeness (QED) is 0.573. The molecule has 2 bridgehead atoms. The zero-order chi connectivity index (χ0) is 14.4. The smallest absolute Gasteiger partial charge is 0.147 e. The van der Waals surface area contributed by atoms with Crippen molar-refractivity contribution in [3.05, 3.63) is 0 Å². The summed E-state index contributed by atoms with van der Waals surface area (Å²) in [4.78, 5) is 12.2. The highest BCUT2D eigenvalue weighted by Crippen LogP contribution is 2.37. The van der Waals surface area contributed by atoms with Crippen LogP contribution in [-0.4, -0.2) is 20.5 Å². The number of Topliss-reactive ketones (excluding diaryl/α,β-unsaturated/α-hetero) is 1. The Morgan fingerprint density at radius 1 is 1.15 bits per heavy atom. The summed E-state index contributed by atoms with van der Waals surface area (Å²) in [5.74, 6) is 6.59. The second-order valence-corrected chi connectivity index (χ2v) is 8.12. The fourth-order valence-electron chi connectivity index (χ4n) is 3.34. The van der Waals surface area contributed by atoms with Crippen molar-refractivity contribution in [1.29, 1.82) is 0 Å². The molecule has 2 unspecified atom stereocenters. The normalized spacial score (nSPS) is 32.2. The lowest BCUT2D eigenvalue weighted by molar-refractivity contribution is -0.122. The highest BCUT2D eigenvalue weighted by molar-refractivity contribution is 7.86. The molecule has 2 rings (SSSR count). The van der Waals surface area contributed by atoms with Crippen molar-refractivity contribution >= 4 is 16.6 Å². The van der Waals surface area contributed by atoms with E-state index < -0.39 is 10.8 Å². The van der Waals surface area contributed by atoms with E-state index in [1.54, 1.807) is 0 Å². The topological polar surface area (TPSA) is 34.1 Å². The summed E-state index contributed by atoms with van der Waals surface area (Å²) in [7, 11) is -0.673. The third kappa shape index (κ3) is 4.19. The summed E-state index contributed by atoms with van der Waals surface area (Å²) in [5, 5.41) is 0.572. The maximum Gasteiger partial charge on any atom is 0.147 e. The number of ketones is 1. The van der Waals surface area contributed by atoms with E-state index in [1.165, 1.54) is 19.3 Å². The van der Waals surface area contributed by atoms with Crippen molar-refractivity contribution in [2.75, 3.05) is 0 Å². The van der Waals surface area contributed by atoms with Crippen LogP contribution in [0.25, 0.3) is 0 Å². The largest absolute Gasteiger partial charge is 0.298 e. The monoisotopic (exact) mass is 294 g/mol. The second kappa shape index (κ2) is 7.98. The first-order valence-corrected chi connectivity index (χ1v) is 9.37. The Hall–Kier alpha value is -0.620. The van der Waals surface area contributed by atoms with Gasteiger partial charge in [0.2, 0.25) is 0 Å². The number of hydrogen-bond donors (Lipinski definition) is 0. The Balaban J connectivity index is 1.77. The van der Waals surface area contributed by atoms with Gasteiger partial charge >= 0.3 is 0 Å². The highest BCUT2D eigenvalue weighted by Gasteiger charge is 2.39. The van der Waals surface area contributed by atoms with Gasteiger partial charge in [-0.25, -0.2) is 0 Å². The van der Waals surface area contributed by atoms with Gasteiger partial charge in [-0.05, 0) is 32.1 Å². The van der Waals surface area contributed by atoms with Crippen LogP contribution in [0.3, 0.4) is 0 Å². The lowest BCUT2D eigenvalue weighted by Crippen LogP contribution is -2.41. The van der Waals surface area contributed by atoms with Crippen LogP contribution >= 0.6 is 0 Å². The van der Waals surface area contributed by atoms with Crippen molar-refractivity contribution in [2.45, 2.75) is 81.6 Å². The number of rotatable bonds is 5. The first-order chi connectivity index (χ1) is 9.72. The molecule has 20 heavy (non-hydrogen) atoms. The van der Waals surface area contributed by atoms with Gasteiger partial charge < -0.3 is 0 Å². The van der Waals surface area contributed by atoms with E-state index in [0.29, 0.717) is 12.2 Å². The summed E-state index contributed by atoms with van der Waals surface area (Å²) < 4.78 is 12.1. The van der Waals surface area contributed by atoms with Crippen LogP contribution in [0.15, 0.2) is 0 Å². The molecule has 0 aromatic rings. The molecule has 2 fully saturated rings. The molecule has 2 heterocycles. The van der Waals surface area contributed by atoms with Crippen molar-refractivity contribution < 1.29 is 9.00 Å². The molecule has 0 amide bonds. The Morgan fingerprint density at radius 2 is 1.85 bits per heavy atom. The number of hydrogen-bond acceptors (Lipinski definition) is 2. The number of carbonyl (C=O) groups excluding carboxylic acids is 1. The standard InChI is InChI=1S/C17H26O2S/c1-2-3-4-5-6-7-11-17(18)14-12-15-9-8-10-16(13-14)20(15)19/h14-16H,2-5,8-13H2,1H3. The minimum Gasteiger partial charge on any atom is -0.298 e. The summed E-state index contributed by atoms with van der Waals surface area (Å²) in [6.07, 6.45) is 9.89. The number of fused-ring (bicyclic) bond motifs is 2. The third-order valence-electron chi connectivity index (χ3n) is 4.55. The molecule has 0 radical (unpaired) electrons. The van der Waals surface area contributed by atoms with E-state index in [4.69, 9.17) is 0 Å². The fraction of sp³-hybridized carbons (Fsp3) is 0.824. The van der Waals surface area contributed by atoms with E-state index in [-0.39, 0.29) is 16.4 Å². The van der Waals surface area contributed by atoms with Gasteiger partial charge in [-0.3, -0.25) is 9.00 Å². The molecule has 0 N–H and O–H groups in total. The SMILES string of the molecule is CCCCCC#CCC(=O)C1CC2CCCC(C1)S2=O. The zero-order valence-electron chi connectivity index (χ0n) is 12.5. The average Bonchev–Trinajstić information content (AvgIpc) is 2.42. The summed E-state index contributed by atoms with van der Waals surface area (Å²) in [5.41, 5.74) is 0. The fourth-order valence-corrected chi connectivity index (χ4v) is 5.53. The lowest BCUT2D eigenvalue weighted by atomic mass is 9.86. The number of carbonyl (C=O) groups is 1. The molecular formula is C17H26O2S. The van der Waals surface area contributed by atoms with E-state index in [0.717, 1.165) is 38.5 Å². The van der Waals surface area contributed by atoms with Gasteiger partial charge in [0.1, 0.15) is 5.78 Å². The van der Waals surface area contributed by atoms with Crippen molar-refractivity contribution in [1.82, 2.24) is 0 Å². The Morgan fingerprint density at radius 3 is 2.50 bits per heavy atom. The van der Waals surface area contributed by atoms with Crippen molar-refractivity contribution in [2.24, 2.45) is 5.92 Å². The minimum absolute atomic E-state index is 0.132. The molecular weight excluding hydrogens is 268 g/mol. The first-order valence-electron chi connectivity index (χ1n) is 8.10. The van der Waals surface area contributed by atoms with Gasteiger partial charge in [0.05, 0.1) is 6.42 Å². The molecule has 2 aliphatic heterocycles. The summed E-state index contributed by atoms with van der Waals surface area (Å²) in [6.45, 7) is 2.18. The lowest BCUT2D eigenvalue weighted by Gasteiger charge is -2.37. The van der Waals surface area contributed by atoms with E-state index in [9.17, 15) is 9.00 Å². The van der Waals surface area contributed by atoms with Crippen LogP contribution in [0.2, 0.25) is 0 Å². The predicted molar refractivity (Wildman–Crippen MR) is 83.8 cm³/mol. The van der Waals surface area contributed by atoms with Gasteiger partial charge in [0, 0.05) is 33.6 Å². The van der Waals surface area contributed by atoms with E-state index in [1.807, 2.05) is 0 Å². The van der Waals surface area contributed by atoms with Gasteiger partial charge in [-0.2, -0.15) is 0 Å². The highest BCUT2D eigenvalue weighted by atomic mass is 32.2. The number of unbranched alkanes of at least 4 members (excludes halogenated alkanes) is 3. The minimum atomic E-state index is -0.673. The van der Waals surface area contributed by atoms with Crippen LogP contribution < -0.4 is 0 Å². The molecule has 3 heteroatoms. The Kier molecular flexibility index (Phi) is 6.29. The van der Waals surface area contributed by atoms with Crippen LogP contribution in [0, 0.1) is 17.8 Å². The second-order valence-electron chi connectivity index (χ2n) is 6.13. The molecule has 2 saturated heterocycles. The third-order valence-corrected chi connectivity index (χ3v) is 6.72. The molecule has 0 spiro atoms. The molecule has 0 saturated carbocycles. The van der Waals surface area contributed by atoms with Crippen LogP contribution in [0.4, 0.5) is 0 Å². The Labute approximate surface area is 125 Å². The molecule has 112 valence electrons. The zero-order valence-corrected chi connectivity index (χ0v) is 13.3. The summed E-state index contributed by atoms with van der Waals surface area (Å²) in [6, 6.07) is 0. The average molecular weight is 294 g/mol. The molecule has 2 atom stereocenters. The first kappa shape index (κ1) is 15.8. The molecule has 2 nitrogen and oxygen atoms in total. The van der Waals surface area contributed by atoms with Gasteiger partial charge in [-0.15, -0.1) is 5.92 Å². The van der Waals surface area contributed by atoms with E-state index >= 15 is 0 Å². The van der Waals surface area contributed by atoms with Gasteiger partial charge in [0.15, 0.2) is 0 Å². The predicted octanol–water partition coefficient (Wildman–Crippen LogP) is 3.61. The Bertz CT molecular complexity index is 402. The molecule has 0 aromatic heterocycles. The van der Waals surface area contributed by atoms with E-state index in [2.05, 4.69) is 18.8 Å². The van der Waals surface area contributed by atoms with Gasteiger partial charge in [0.25, 0.3) is 0 Å². The van der Waals surface area contributed by atoms with Crippen molar-refractivity contribution in [3.8, 4) is 11.8 Å². The maximum absolute atomic E-state index is 12.2. The van der Waals surface area contributed by atoms with Crippen LogP contribution in [-0.2, 0) is 15.6 Å². The molecule has 2 aliphatic rings. The van der Waals surface area contributed by atoms with Gasteiger partial charge in [-0.1, -0.05) is 32.1 Å². The van der Waals surface area contributed by atoms with Crippen LogP contribution in [0.1, 0.15) is 71.1 Å². The van der Waals surface area contributed by atoms with Crippen LogP contribution in [0.5, 0.6) is 0 Å². The molecule has 0 aromatic carbocycles. The summed E-state index contributed by atoms with van der Waals surface area (Å²) >= 11 is 0. The maximum atomic E-state index is 12.2. The molecule has 0 aliphatic carbocycles.